The molecule has 1 fully saturated rings. The summed E-state index contributed by atoms with van der Waals surface area (Å²) < 4.78 is 5.27. The molecule has 1 amide bonds. The monoisotopic (exact) mass is 503 g/mol. The minimum atomic E-state index is -0.961. The van der Waals surface area contributed by atoms with E-state index in [1.807, 2.05) is 12.3 Å². The fourth-order valence-electron chi connectivity index (χ4n) is 5.21. The Bertz CT molecular complexity index is 1320. The Morgan fingerprint density at radius 2 is 1.97 bits per heavy atom. The van der Waals surface area contributed by atoms with E-state index in [1.165, 1.54) is 11.1 Å². The van der Waals surface area contributed by atoms with Crippen LogP contribution in [-0.2, 0) is 29.9 Å². The van der Waals surface area contributed by atoms with Gasteiger partial charge in [0.1, 0.15) is 0 Å². The van der Waals surface area contributed by atoms with Gasteiger partial charge in [-0.1, -0.05) is 17.3 Å². The maximum Gasteiger partial charge on any atom is 0.230 e. The van der Waals surface area contributed by atoms with Gasteiger partial charge in [0.2, 0.25) is 11.8 Å². The number of carbonyl (C=O) groups excluding carboxylic acids is 1. The first kappa shape index (κ1) is 25.5. The maximum absolute atomic E-state index is 12.9. The molecule has 1 aromatic carbocycles. The molecule has 0 radical (unpaired) electrons. The number of hydrogen-bond acceptors (Lipinski definition) is 7. The smallest absolute Gasteiger partial charge is 0.230 e. The van der Waals surface area contributed by atoms with Crippen molar-refractivity contribution in [1.82, 2.24) is 25.3 Å². The van der Waals surface area contributed by atoms with Gasteiger partial charge in [0.15, 0.2) is 5.82 Å². The summed E-state index contributed by atoms with van der Waals surface area (Å²) in [5.74, 6) is 1.09. The van der Waals surface area contributed by atoms with Crippen molar-refractivity contribution < 1.29 is 14.4 Å². The van der Waals surface area contributed by atoms with Crippen molar-refractivity contribution in [2.75, 3.05) is 6.54 Å². The predicted molar refractivity (Wildman–Crippen MR) is 141 cm³/mol. The molecule has 2 aromatic heterocycles. The zero-order chi connectivity index (χ0) is 26.5. The van der Waals surface area contributed by atoms with Crippen molar-refractivity contribution in [2.24, 2.45) is 5.92 Å². The fourth-order valence-corrected chi connectivity index (χ4v) is 5.21. The Morgan fingerprint density at radius 3 is 2.65 bits per heavy atom. The molecule has 1 saturated carbocycles. The van der Waals surface area contributed by atoms with Gasteiger partial charge in [0.25, 0.3) is 0 Å². The predicted octanol–water partition coefficient (Wildman–Crippen LogP) is 4.24. The summed E-state index contributed by atoms with van der Waals surface area (Å²) >= 11 is 0. The average molecular weight is 504 g/mol. The highest BCUT2D eigenvalue weighted by Crippen LogP contribution is 2.47. The summed E-state index contributed by atoms with van der Waals surface area (Å²) in [5, 5.41) is 17.5. The van der Waals surface area contributed by atoms with Gasteiger partial charge < -0.3 is 14.9 Å². The average Bonchev–Trinajstić information content (AvgIpc) is 3.54. The molecule has 0 saturated heterocycles. The normalized spacial score (nSPS) is 20.0. The topological polar surface area (TPSA) is 104 Å². The van der Waals surface area contributed by atoms with Gasteiger partial charge in [-0.15, -0.1) is 0 Å². The second kappa shape index (κ2) is 9.33. The number of rotatable bonds is 6. The molecule has 196 valence electrons. The van der Waals surface area contributed by atoms with Crippen LogP contribution in [0.4, 0.5) is 0 Å². The van der Waals surface area contributed by atoms with Crippen molar-refractivity contribution in [2.45, 2.75) is 84.5 Å². The number of aryl methyl sites for hydroxylation is 1. The zero-order valence-corrected chi connectivity index (χ0v) is 22.6. The molecule has 2 aliphatic rings. The Kier molecular flexibility index (Phi) is 6.44. The summed E-state index contributed by atoms with van der Waals surface area (Å²) in [4.78, 5) is 24.1. The Hall–Kier alpha value is -3.10. The van der Waals surface area contributed by atoms with Gasteiger partial charge in [0, 0.05) is 48.7 Å². The van der Waals surface area contributed by atoms with Crippen LogP contribution >= 0.6 is 0 Å². The number of aliphatic hydroxyl groups is 1. The molecule has 0 bridgehead atoms. The van der Waals surface area contributed by atoms with Gasteiger partial charge in [-0.2, -0.15) is 4.98 Å². The molecule has 2 unspecified atom stereocenters. The highest BCUT2D eigenvalue weighted by molar-refractivity contribution is 5.82. The van der Waals surface area contributed by atoms with Gasteiger partial charge >= 0.3 is 0 Å². The van der Waals surface area contributed by atoms with Crippen LogP contribution in [-0.4, -0.2) is 43.1 Å². The standard InChI is InChI=1S/C29H37N5O3/c1-17-32-27(37-33-17)24-12-23(24)26(35)31-14-18-7-8-21(19-11-20(15-30-13-19)29(5,6)36)22-9-10-34(16-25(18)22)28(2,3)4/h7-8,11,13,15,23-24,36H,9-10,12,14,16H2,1-6H3,(H,31,35). The second-order valence-corrected chi connectivity index (χ2v) is 11.9. The van der Waals surface area contributed by atoms with E-state index in [0.717, 1.165) is 48.2 Å². The van der Waals surface area contributed by atoms with Crippen LogP contribution in [0.3, 0.4) is 0 Å². The number of pyridine rings is 1. The molecule has 1 aliphatic heterocycles. The molecular formula is C29H37N5O3. The van der Waals surface area contributed by atoms with Crippen LogP contribution in [0.2, 0.25) is 0 Å². The van der Waals surface area contributed by atoms with Crippen LogP contribution in [0.25, 0.3) is 11.1 Å². The maximum atomic E-state index is 12.9. The quantitative estimate of drug-likeness (QED) is 0.518. The van der Waals surface area contributed by atoms with Crippen molar-refractivity contribution in [3.63, 3.8) is 0 Å². The lowest BCUT2D eigenvalue weighted by Crippen LogP contribution is -2.44. The Morgan fingerprint density at radius 1 is 1.19 bits per heavy atom. The lowest BCUT2D eigenvalue weighted by atomic mass is 9.85. The van der Waals surface area contributed by atoms with Crippen molar-refractivity contribution >= 4 is 5.91 Å². The van der Waals surface area contributed by atoms with Crippen LogP contribution in [0.1, 0.15) is 80.9 Å². The van der Waals surface area contributed by atoms with Crippen LogP contribution < -0.4 is 5.32 Å². The van der Waals surface area contributed by atoms with E-state index in [4.69, 9.17) is 4.52 Å². The van der Waals surface area contributed by atoms with Crippen molar-refractivity contribution in [3.8, 4) is 11.1 Å². The minimum Gasteiger partial charge on any atom is -0.386 e. The lowest BCUT2D eigenvalue weighted by molar-refractivity contribution is -0.122. The largest absolute Gasteiger partial charge is 0.386 e. The molecular weight excluding hydrogens is 466 g/mol. The van der Waals surface area contributed by atoms with Crippen molar-refractivity contribution in [1.29, 1.82) is 0 Å². The number of carbonyl (C=O) groups is 1. The van der Waals surface area contributed by atoms with Gasteiger partial charge in [-0.25, -0.2) is 0 Å². The lowest BCUT2D eigenvalue weighted by Gasteiger charge is -2.40. The van der Waals surface area contributed by atoms with Gasteiger partial charge in [-0.05, 0) is 82.7 Å². The number of aromatic nitrogens is 3. The first-order valence-electron chi connectivity index (χ1n) is 13.1. The summed E-state index contributed by atoms with van der Waals surface area (Å²) in [6.45, 7) is 14.3. The molecule has 8 nitrogen and oxygen atoms in total. The SMILES string of the molecule is Cc1noc(C2CC2C(=O)NCc2ccc(-c3cncc(C(C)(C)O)c3)c3c2CN(C(C)(C)C)CC3)n1. The third-order valence-corrected chi connectivity index (χ3v) is 7.65. The van der Waals surface area contributed by atoms with E-state index >= 15 is 0 Å². The number of benzene rings is 1. The highest BCUT2D eigenvalue weighted by atomic mass is 16.5. The summed E-state index contributed by atoms with van der Waals surface area (Å²) in [7, 11) is 0. The fraction of sp³-hybridized carbons (Fsp3) is 0.517. The number of amides is 1. The van der Waals surface area contributed by atoms with E-state index in [9.17, 15) is 9.90 Å². The highest BCUT2D eigenvalue weighted by Gasteiger charge is 2.47. The van der Waals surface area contributed by atoms with E-state index in [1.54, 1.807) is 27.0 Å². The zero-order valence-electron chi connectivity index (χ0n) is 22.6. The number of fused-ring (bicyclic) bond motifs is 1. The summed E-state index contributed by atoms with van der Waals surface area (Å²) in [6.07, 6.45) is 5.25. The second-order valence-electron chi connectivity index (χ2n) is 11.9. The van der Waals surface area contributed by atoms with Crippen LogP contribution in [0.15, 0.2) is 35.1 Å². The summed E-state index contributed by atoms with van der Waals surface area (Å²) in [6, 6.07) is 6.30. The number of nitrogens with one attached hydrogen (secondary N) is 1. The number of nitrogens with zero attached hydrogens (tertiary/aromatic N) is 4. The molecule has 37 heavy (non-hydrogen) atoms. The molecule has 5 rings (SSSR count). The van der Waals surface area contributed by atoms with E-state index in [-0.39, 0.29) is 23.3 Å². The van der Waals surface area contributed by atoms with E-state index in [0.29, 0.717) is 18.3 Å². The molecule has 3 heterocycles. The minimum absolute atomic E-state index is 0.0180. The van der Waals surface area contributed by atoms with Crippen LogP contribution in [0, 0.1) is 12.8 Å². The Labute approximate surface area is 218 Å². The molecule has 8 heteroatoms. The first-order valence-corrected chi connectivity index (χ1v) is 13.1. The van der Waals surface area contributed by atoms with E-state index in [2.05, 4.69) is 58.2 Å². The molecule has 0 spiro atoms. The van der Waals surface area contributed by atoms with Gasteiger partial charge in [0.05, 0.1) is 17.4 Å². The Balaban J connectivity index is 1.41. The third-order valence-electron chi connectivity index (χ3n) is 7.65. The first-order chi connectivity index (χ1) is 17.4. The number of hydrogen-bond donors (Lipinski definition) is 2. The molecule has 2 N–H and O–H groups in total. The van der Waals surface area contributed by atoms with Crippen LogP contribution in [0.5, 0.6) is 0 Å². The molecule has 1 aliphatic carbocycles. The molecule has 3 aromatic rings. The van der Waals surface area contributed by atoms with Gasteiger partial charge in [-0.3, -0.25) is 14.7 Å². The summed E-state index contributed by atoms with van der Waals surface area (Å²) in [5.41, 5.74) is 5.73. The third kappa shape index (κ3) is 5.31. The van der Waals surface area contributed by atoms with E-state index < -0.39 is 5.60 Å². The van der Waals surface area contributed by atoms with Crippen molar-refractivity contribution in [3.05, 3.63) is 64.6 Å². The molecule has 2 atom stereocenters.